The van der Waals surface area contributed by atoms with Gasteiger partial charge < -0.3 is 5.73 Å². The van der Waals surface area contributed by atoms with E-state index in [1.165, 1.54) is 43.5 Å². The van der Waals surface area contributed by atoms with Crippen LogP contribution in [0.2, 0.25) is 0 Å². The lowest BCUT2D eigenvalue weighted by Gasteiger charge is -2.42. The molecule has 2 N–H and O–H groups in total. The molecule has 1 heterocycles. The molecule has 1 saturated heterocycles. The second-order valence-corrected chi connectivity index (χ2v) is 5.38. The van der Waals surface area contributed by atoms with Gasteiger partial charge in [-0.25, -0.2) is 0 Å². The number of rotatable bonds is 3. The van der Waals surface area contributed by atoms with Gasteiger partial charge in [-0.2, -0.15) is 0 Å². The van der Waals surface area contributed by atoms with Gasteiger partial charge in [-0.15, -0.1) is 0 Å². The highest BCUT2D eigenvalue weighted by Crippen LogP contribution is 2.48. The quantitative estimate of drug-likeness (QED) is 0.839. The van der Waals surface area contributed by atoms with Crippen LogP contribution < -0.4 is 5.73 Å². The molecule has 1 aromatic carbocycles. The van der Waals surface area contributed by atoms with Crippen LogP contribution >= 0.6 is 0 Å². The van der Waals surface area contributed by atoms with E-state index in [-0.39, 0.29) is 5.54 Å². The molecule has 2 nitrogen and oxygen atoms in total. The first-order chi connectivity index (χ1) is 7.71. The summed E-state index contributed by atoms with van der Waals surface area (Å²) < 4.78 is 0. The van der Waals surface area contributed by atoms with E-state index in [1.54, 1.807) is 0 Å². The Morgan fingerprint density at radius 2 is 1.94 bits per heavy atom. The predicted octanol–water partition coefficient (Wildman–Crippen LogP) is 2.23. The first-order valence-corrected chi connectivity index (χ1v) is 6.29. The first kappa shape index (κ1) is 10.3. The summed E-state index contributed by atoms with van der Waals surface area (Å²) >= 11 is 0. The van der Waals surface area contributed by atoms with Crippen LogP contribution in [-0.2, 0) is 0 Å². The average Bonchev–Trinajstić information content (AvgIpc) is 2.92. The minimum atomic E-state index is 0.0620. The van der Waals surface area contributed by atoms with Crippen LogP contribution in [0.15, 0.2) is 24.3 Å². The standard InChI is InChI=1S/C14H20N2/c1-11-5-2-3-6-12(11)13(14(15)7-8-14)16-9-4-10-16/h2-3,5-6,13H,4,7-10,15H2,1H3. The Morgan fingerprint density at radius 3 is 2.44 bits per heavy atom. The Morgan fingerprint density at radius 1 is 1.25 bits per heavy atom. The van der Waals surface area contributed by atoms with Crippen LogP contribution in [0.1, 0.15) is 36.4 Å². The van der Waals surface area contributed by atoms with E-state index >= 15 is 0 Å². The number of benzene rings is 1. The van der Waals surface area contributed by atoms with Gasteiger partial charge in [0.1, 0.15) is 0 Å². The number of nitrogens with two attached hydrogens (primary N) is 1. The van der Waals surface area contributed by atoms with E-state index in [4.69, 9.17) is 5.73 Å². The molecule has 16 heavy (non-hydrogen) atoms. The largest absolute Gasteiger partial charge is 0.323 e. The SMILES string of the molecule is Cc1ccccc1C(N1CCC1)C1(N)CC1. The number of hydrogen-bond donors (Lipinski definition) is 1. The topological polar surface area (TPSA) is 29.3 Å². The first-order valence-electron chi connectivity index (χ1n) is 6.29. The van der Waals surface area contributed by atoms with Gasteiger partial charge in [0, 0.05) is 18.6 Å². The lowest BCUT2D eigenvalue weighted by atomic mass is 9.90. The van der Waals surface area contributed by atoms with Gasteiger partial charge in [0.05, 0.1) is 6.04 Å². The number of likely N-dealkylation sites (tertiary alicyclic amines) is 1. The van der Waals surface area contributed by atoms with Gasteiger partial charge in [-0.3, -0.25) is 4.90 Å². The number of hydrogen-bond acceptors (Lipinski definition) is 2. The fourth-order valence-corrected chi connectivity index (χ4v) is 2.78. The summed E-state index contributed by atoms with van der Waals surface area (Å²) in [4.78, 5) is 2.55. The van der Waals surface area contributed by atoms with E-state index in [9.17, 15) is 0 Å². The minimum absolute atomic E-state index is 0.0620. The van der Waals surface area contributed by atoms with Crippen molar-refractivity contribution in [3.8, 4) is 0 Å². The van der Waals surface area contributed by atoms with Gasteiger partial charge in [-0.1, -0.05) is 24.3 Å². The van der Waals surface area contributed by atoms with Crippen LogP contribution in [0.4, 0.5) is 0 Å². The molecule has 0 amide bonds. The van der Waals surface area contributed by atoms with Crippen LogP contribution in [0.5, 0.6) is 0 Å². The highest BCUT2D eigenvalue weighted by molar-refractivity contribution is 5.34. The van der Waals surface area contributed by atoms with Crippen molar-refractivity contribution in [3.05, 3.63) is 35.4 Å². The van der Waals surface area contributed by atoms with Gasteiger partial charge >= 0.3 is 0 Å². The Labute approximate surface area is 97.4 Å². The Bertz CT molecular complexity index is 391. The van der Waals surface area contributed by atoms with E-state index < -0.39 is 0 Å². The van der Waals surface area contributed by atoms with Crippen LogP contribution in [0, 0.1) is 6.92 Å². The fraction of sp³-hybridized carbons (Fsp3) is 0.571. The maximum absolute atomic E-state index is 6.46. The fourth-order valence-electron chi connectivity index (χ4n) is 2.78. The molecule has 2 fully saturated rings. The zero-order valence-electron chi connectivity index (χ0n) is 9.95. The summed E-state index contributed by atoms with van der Waals surface area (Å²) in [5.74, 6) is 0. The molecular weight excluding hydrogens is 196 g/mol. The Hall–Kier alpha value is -0.860. The zero-order chi connectivity index (χ0) is 11.2. The summed E-state index contributed by atoms with van der Waals surface area (Å²) in [6, 6.07) is 9.17. The molecule has 1 aromatic rings. The van der Waals surface area contributed by atoms with Crippen molar-refractivity contribution in [2.45, 2.75) is 37.8 Å². The number of nitrogens with zero attached hydrogens (tertiary/aromatic N) is 1. The molecule has 1 saturated carbocycles. The molecule has 1 unspecified atom stereocenters. The molecular formula is C14H20N2. The molecule has 0 spiro atoms. The third-order valence-corrected chi connectivity index (χ3v) is 4.11. The Balaban J connectivity index is 1.96. The van der Waals surface area contributed by atoms with E-state index in [2.05, 4.69) is 36.1 Å². The van der Waals surface area contributed by atoms with E-state index in [0.29, 0.717) is 6.04 Å². The summed E-state index contributed by atoms with van der Waals surface area (Å²) in [7, 11) is 0. The molecule has 1 aliphatic heterocycles. The highest BCUT2D eigenvalue weighted by Gasteiger charge is 2.50. The Kier molecular flexibility index (Phi) is 2.30. The van der Waals surface area contributed by atoms with Crippen molar-refractivity contribution >= 4 is 0 Å². The van der Waals surface area contributed by atoms with Gasteiger partial charge in [-0.05, 0) is 37.3 Å². The van der Waals surface area contributed by atoms with Crippen molar-refractivity contribution in [3.63, 3.8) is 0 Å². The lowest BCUT2D eigenvalue weighted by Crippen LogP contribution is -2.49. The minimum Gasteiger partial charge on any atom is -0.323 e. The summed E-state index contributed by atoms with van der Waals surface area (Å²) in [5, 5.41) is 0. The molecule has 3 rings (SSSR count). The third kappa shape index (κ3) is 1.57. The molecule has 0 radical (unpaired) electrons. The van der Waals surface area contributed by atoms with Crippen LogP contribution in [0.25, 0.3) is 0 Å². The second-order valence-electron chi connectivity index (χ2n) is 5.38. The lowest BCUT2D eigenvalue weighted by molar-refractivity contribution is 0.0927. The molecule has 2 aliphatic rings. The number of aryl methyl sites for hydroxylation is 1. The van der Waals surface area contributed by atoms with Crippen molar-refractivity contribution in [1.29, 1.82) is 0 Å². The van der Waals surface area contributed by atoms with Gasteiger partial charge in [0.25, 0.3) is 0 Å². The monoisotopic (exact) mass is 216 g/mol. The summed E-state index contributed by atoms with van der Waals surface area (Å²) in [6.45, 7) is 4.64. The van der Waals surface area contributed by atoms with Crippen molar-refractivity contribution in [2.24, 2.45) is 5.73 Å². The van der Waals surface area contributed by atoms with Crippen LogP contribution in [0.3, 0.4) is 0 Å². The van der Waals surface area contributed by atoms with Crippen molar-refractivity contribution < 1.29 is 0 Å². The van der Waals surface area contributed by atoms with Gasteiger partial charge in [0.2, 0.25) is 0 Å². The smallest absolute Gasteiger partial charge is 0.0530 e. The van der Waals surface area contributed by atoms with Crippen molar-refractivity contribution in [1.82, 2.24) is 4.90 Å². The van der Waals surface area contributed by atoms with E-state index in [1.807, 2.05) is 0 Å². The van der Waals surface area contributed by atoms with E-state index in [0.717, 1.165) is 0 Å². The molecule has 0 aromatic heterocycles. The third-order valence-electron chi connectivity index (χ3n) is 4.11. The highest BCUT2D eigenvalue weighted by atomic mass is 15.2. The van der Waals surface area contributed by atoms with Crippen molar-refractivity contribution in [2.75, 3.05) is 13.1 Å². The van der Waals surface area contributed by atoms with Gasteiger partial charge in [0.15, 0.2) is 0 Å². The summed E-state index contributed by atoms with van der Waals surface area (Å²) in [5.41, 5.74) is 9.35. The maximum atomic E-state index is 6.46. The summed E-state index contributed by atoms with van der Waals surface area (Å²) in [6.07, 6.45) is 3.70. The predicted molar refractivity (Wildman–Crippen MR) is 66.3 cm³/mol. The van der Waals surface area contributed by atoms with Crippen LogP contribution in [-0.4, -0.2) is 23.5 Å². The molecule has 1 aliphatic carbocycles. The normalized spacial score (nSPS) is 24.9. The average molecular weight is 216 g/mol. The maximum Gasteiger partial charge on any atom is 0.0530 e. The molecule has 86 valence electrons. The molecule has 0 bridgehead atoms. The zero-order valence-corrected chi connectivity index (χ0v) is 9.95. The second kappa shape index (κ2) is 3.57. The molecule has 1 atom stereocenters. The molecule has 2 heteroatoms.